The zero-order chi connectivity index (χ0) is 27.6. The number of aryl methyl sites for hydroxylation is 1. The number of amides is 3. The molecular formula is C28H47N3O5. The third kappa shape index (κ3) is 9.70. The summed E-state index contributed by atoms with van der Waals surface area (Å²) in [7, 11) is 0. The maximum absolute atomic E-state index is 14.0. The molecule has 1 aromatic rings. The fourth-order valence-electron chi connectivity index (χ4n) is 3.97. The molecule has 0 heterocycles. The van der Waals surface area contributed by atoms with Crippen molar-refractivity contribution in [2.75, 3.05) is 6.54 Å². The number of benzene rings is 1. The Kier molecular flexibility index (Phi) is 12.2. The second-order valence-electron chi connectivity index (χ2n) is 10.9. The Morgan fingerprint density at radius 3 is 2.19 bits per heavy atom. The van der Waals surface area contributed by atoms with Gasteiger partial charge in [-0.25, -0.2) is 4.79 Å². The van der Waals surface area contributed by atoms with E-state index in [4.69, 9.17) is 4.74 Å². The van der Waals surface area contributed by atoms with Crippen LogP contribution >= 0.6 is 0 Å². The van der Waals surface area contributed by atoms with Crippen LogP contribution in [0.25, 0.3) is 0 Å². The maximum Gasteiger partial charge on any atom is 0.408 e. The molecule has 1 rings (SSSR count). The van der Waals surface area contributed by atoms with Crippen LogP contribution in [-0.4, -0.2) is 52.1 Å². The van der Waals surface area contributed by atoms with E-state index in [1.54, 1.807) is 50.8 Å². The molecule has 8 heteroatoms. The number of rotatable bonds is 12. The molecular weight excluding hydrogens is 458 g/mol. The highest BCUT2D eigenvalue weighted by Gasteiger charge is 2.37. The van der Waals surface area contributed by atoms with Crippen LogP contribution in [0, 0.1) is 12.8 Å². The fourth-order valence-corrected chi connectivity index (χ4v) is 3.97. The Hall–Kier alpha value is -2.77. The fraction of sp³-hybridized carbons (Fsp3) is 0.679. The molecule has 1 aromatic carbocycles. The van der Waals surface area contributed by atoms with E-state index in [9.17, 15) is 19.5 Å². The number of ether oxygens (including phenoxy) is 1. The zero-order valence-corrected chi connectivity index (χ0v) is 23.6. The minimum Gasteiger partial charge on any atom is -0.508 e. The van der Waals surface area contributed by atoms with Crippen LogP contribution in [0.5, 0.6) is 5.75 Å². The van der Waals surface area contributed by atoms with Gasteiger partial charge in [0.25, 0.3) is 0 Å². The van der Waals surface area contributed by atoms with Crippen molar-refractivity contribution in [1.29, 1.82) is 0 Å². The van der Waals surface area contributed by atoms with E-state index in [1.807, 2.05) is 27.7 Å². The number of phenols is 1. The van der Waals surface area contributed by atoms with Gasteiger partial charge in [-0.1, -0.05) is 46.6 Å². The first-order chi connectivity index (χ1) is 16.7. The molecule has 0 aliphatic carbocycles. The maximum atomic E-state index is 14.0. The van der Waals surface area contributed by atoms with Gasteiger partial charge in [-0.05, 0) is 76.6 Å². The zero-order valence-electron chi connectivity index (χ0n) is 23.6. The lowest BCUT2D eigenvalue weighted by atomic mass is 9.97. The molecule has 0 bridgehead atoms. The number of nitrogens with one attached hydrogen (secondary N) is 2. The summed E-state index contributed by atoms with van der Waals surface area (Å²) in [6.45, 7) is 17.1. The van der Waals surface area contributed by atoms with E-state index < -0.39 is 23.8 Å². The number of carbonyl (C=O) groups excluding carboxylic acids is 3. The van der Waals surface area contributed by atoms with Crippen molar-refractivity contribution in [3.8, 4) is 5.75 Å². The van der Waals surface area contributed by atoms with Gasteiger partial charge in [0.1, 0.15) is 23.4 Å². The molecule has 3 atom stereocenters. The number of hydrogen-bond donors (Lipinski definition) is 3. The predicted octanol–water partition coefficient (Wildman–Crippen LogP) is 5.22. The van der Waals surface area contributed by atoms with E-state index in [0.717, 1.165) is 19.3 Å². The molecule has 8 nitrogen and oxygen atoms in total. The molecule has 3 amide bonds. The molecule has 0 spiro atoms. The summed E-state index contributed by atoms with van der Waals surface area (Å²) in [6.07, 6.45) is 2.56. The van der Waals surface area contributed by atoms with Crippen LogP contribution in [0.3, 0.4) is 0 Å². The van der Waals surface area contributed by atoms with Gasteiger partial charge in [0, 0.05) is 12.6 Å². The smallest absolute Gasteiger partial charge is 0.408 e. The standard InChI is InChI=1S/C28H47N3O5/c1-10-12-16-31(26(34)23(18(3)4)30-27(35)36-28(7,8)9)24(25(33)29-20(6)13-11-2)21-14-15-22(32)19(5)17-21/h14-15,17-18,20,23-24,32H,10-13,16H2,1-9H3,(H,29,33)(H,30,35). The molecule has 3 unspecified atom stereocenters. The monoisotopic (exact) mass is 505 g/mol. The first kappa shape index (κ1) is 31.3. The minimum absolute atomic E-state index is 0.0628. The van der Waals surface area contributed by atoms with Gasteiger partial charge in [-0.3, -0.25) is 9.59 Å². The summed E-state index contributed by atoms with van der Waals surface area (Å²) < 4.78 is 5.40. The van der Waals surface area contributed by atoms with Gasteiger partial charge in [-0.2, -0.15) is 0 Å². The van der Waals surface area contributed by atoms with Crippen LogP contribution in [0.15, 0.2) is 18.2 Å². The van der Waals surface area contributed by atoms with Crippen LogP contribution in [0.1, 0.15) is 98.2 Å². The summed E-state index contributed by atoms with van der Waals surface area (Å²) in [5.74, 6) is -0.752. The van der Waals surface area contributed by atoms with Crippen molar-refractivity contribution < 1.29 is 24.2 Å². The highest BCUT2D eigenvalue weighted by molar-refractivity contribution is 5.92. The van der Waals surface area contributed by atoms with Crippen molar-refractivity contribution in [2.45, 2.75) is 112 Å². The van der Waals surface area contributed by atoms with E-state index in [1.165, 1.54) is 0 Å². The number of phenolic OH excluding ortho intramolecular Hbond substituents is 1. The van der Waals surface area contributed by atoms with Crippen LogP contribution in [-0.2, 0) is 14.3 Å². The summed E-state index contributed by atoms with van der Waals surface area (Å²) >= 11 is 0. The first-order valence-corrected chi connectivity index (χ1v) is 13.1. The van der Waals surface area contributed by atoms with Gasteiger partial charge >= 0.3 is 6.09 Å². The van der Waals surface area contributed by atoms with Crippen molar-refractivity contribution in [2.24, 2.45) is 5.92 Å². The van der Waals surface area contributed by atoms with E-state index in [-0.39, 0.29) is 29.5 Å². The highest BCUT2D eigenvalue weighted by atomic mass is 16.6. The Morgan fingerprint density at radius 2 is 1.69 bits per heavy atom. The summed E-state index contributed by atoms with van der Waals surface area (Å²) in [6, 6.07) is 3.10. The molecule has 36 heavy (non-hydrogen) atoms. The lowest BCUT2D eigenvalue weighted by Gasteiger charge is -2.36. The predicted molar refractivity (Wildman–Crippen MR) is 143 cm³/mol. The van der Waals surface area contributed by atoms with Crippen LogP contribution < -0.4 is 10.6 Å². The van der Waals surface area contributed by atoms with Crippen molar-refractivity contribution in [3.05, 3.63) is 29.3 Å². The van der Waals surface area contributed by atoms with Crippen molar-refractivity contribution in [1.82, 2.24) is 15.5 Å². The molecule has 0 fully saturated rings. The summed E-state index contributed by atoms with van der Waals surface area (Å²) in [4.78, 5) is 41.8. The molecule has 0 aromatic heterocycles. The minimum atomic E-state index is -0.913. The topological polar surface area (TPSA) is 108 Å². The Bertz CT molecular complexity index is 878. The summed E-state index contributed by atoms with van der Waals surface area (Å²) in [5, 5.41) is 15.9. The van der Waals surface area contributed by atoms with Gasteiger partial charge < -0.3 is 25.4 Å². The lowest BCUT2D eigenvalue weighted by molar-refractivity contribution is -0.143. The van der Waals surface area contributed by atoms with Gasteiger partial charge in [0.2, 0.25) is 11.8 Å². The second-order valence-corrected chi connectivity index (χ2v) is 10.9. The third-order valence-corrected chi connectivity index (χ3v) is 5.85. The molecule has 0 radical (unpaired) electrons. The number of hydrogen-bond acceptors (Lipinski definition) is 5. The summed E-state index contributed by atoms with van der Waals surface area (Å²) in [5.41, 5.74) is 0.510. The van der Waals surface area contributed by atoms with Crippen LogP contribution in [0.2, 0.25) is 0 Å². The average Bonchev–Trinajstić information content (AvgIpc) is 2.75. The van der Waals surface area contributed by atoms with E-state index in [2.05, 4.69) is 17.6 Å². The first-order valence-electron chi connectivity index (χ1n) is 13.1. The van der Waals surface area contributed by atoms with E-state index >= 15 is 0 Å². The normalized spacial score (nSPS) is 14.1. The third-order valence-electron chi connectivity index (χ3n) is 5.85. The Morgan fingerprint density at radius 1 is 1.06 bits per heavy atom. The van der Waals surface area contributed by atoms with E-state index in [0.29, 0.717) is 24.1 Å². The number of aromatic hydroxyl groups is 1. The molecule has 0 aliphatic heterocycles. The molecule has 0 saturated carbocycles. The second kappa shape index (κ2) is 14.1. The highest BCUT2D eigenvalue weighted by Crippen LogP contribution is 2.28. The SMILES string of the molecule is CCCCN(C(=O)C(NC(=O)OC(C)(C)C)C(C)C)C(C(=O)NC(C)CCC)c1ccc(O)c(C)c1. The van der Waals surface area contributed by atoms with Gasteiger partial charge in [0.15, 0.2) is 0 Å². The Balaban J connectivity index is 3.50. The van der Waals surface area contributed by atoms with Crippen LogP contribution in [0.4, 0.5) is 4.79 Å². The van der Waals surface area contributed by atoms with Gasteiger partial charge in [0.05, 0.1) is 0 Å². The molecule has 0 saturated heterocycles. The number of carbonyl (C=O) groups is 3. The molecule has 0 aliphatic rings. The lowest BCUT2D eigenvalue weighted by Crippen LogP contribution is -2.55. The largest absolute Gasteiger partial charge is 0.508 e. The number of alkyl carbamates (subject to hydrolysis) is 1. The van der Waals surface area contributed by atoms with Gasteiger partial charge in [-0.15, -0.1) is 0 Å². The number of nitrogens with zero attached hydrogens (tertiary/aromatic N) is 1. The molecule has 204 valence electrons. The quantitative estimate of drug-likeness (QED) is 0.361. The number of unbranched alkanes of at least 4 members (excludes halogenated alkanes) is 1. The van der Waals surface area contributed by atoms with Crippen molar-refractivity contribution >= 4 is 17.9 Å². The van der Waals surface area contributed by atoms with Crippen molar-refractivity contribution in [3.63, 3.8) is 0 Å². The average molecular weight is 506 g/mol. The molecule has 3 N–H and O–H groups in total. The Labute approximate surface area is 217 Å².